The third-order valence-corrected chi connectivity index (χ3v) is 5.63. The monoisotopic (exact) mass is 373 g/mol. The maximum Gasteiger partial charge on any atom is 0.344 e. The molecule has 25 heavy (non-hydrogen) atoms. The molecule has 0 N–H and O–H groups in total. The molecule has 1 heterocycles. The minimum atomic E-state index is -0.586. The smallest absolute Gasteiger partial charge is 0.344 e. The summed E-state index contributed by atoms with van der Waals surface area (Å²) in [6.45, 7) is -0.384. The van der Waals surface area contributed by atoms with Crippen molar-refractivity contribution in [2.24, 2.45) is 0 Å². The average molecular weight is 373 g/mol. The fraction of sp³-hybridized carbons (Fsp3) is 0.167. The Hall–Kier alpha value is -2.38. The van der Waals surface area contributed by atoms with Gasteiger partial charge in [-0.15, -0.1) is 11.3 Å². The number of fused-ring (bicyclic) bond motifs is 1. The van der Waals surface area contributed by atoms with Crippen LogP contribution >= 0.6 is 23.1 Å². The predicted molar refractivity (Wildman–Crippen MR) is 97.9 cm³/mol. The lowest BCUT2D eigenvalue weighted by Crippen LogP contribution is -2.15. The van der Waals surface area contributed by atoms with Crippen LogP contribution in [0.15, 0.2) is 52.9 Å². The average Bonchev–Trinajstić information content (AvgIpc) is 3.07. The van der Waals surface area contributed by atoms with E-state index >= 15 is 0 Å². The van der Waals surface area contributed by atoms with E-state index in [4.69, 9.17) is 4.74 Å². The number of thioether (sulfide) groups is 1. The number of benzene rings is 2. The van der Waals surface area contributed by atoms with Crippen LogP contribution in [0.5, 0.6) is 0 Å². The molecule has 5 nitrogen and oxygen atoms in total. The normalized spacial score (nSPS) is 10.6. The van der Waals surface area contributed by atoms with Gasteiger partial charge in [0.05, 0.1) is 22.9 Å². The summed E-state index contributed by atoms with van der Waals surface area (Å²) < 4.78 is 11.5. The zero-order chi connectivity index (χ0) is 17.6. The lowest BCUT2D eigenvalue weighted by Gasteiger charge is -2.04. The molecular formula is C18H15NO4S2. The lowest BCUT2D eigenvalue weighted by atomic mass is 10.1. The number of carbonyl (C=O) groups is 2. The van der Waals surface area contributed by atoms with Gasteiger partial charge in [0.1, 0.15) is 0 Å². The quantitative estimate of drug-likeness (QED) is 0.482. The summed E-state index contributed by atoms with van der Waals surface area (Å²) in [5.41, 5.74) is 2.49. The molecule has 0 aliphatic heterocycles. The third-order valence-electron chi connectivity index (χ3n) is 3.37. The Bertz CT molecular complexity index is 856. The topological polar surface area (TPSA) is 65.5 Å². The second-order valence-electron chi connectivity index (χ2n) is 5.09. The van der Waals surface area contributed by atoms with Crippen LogP contribution in [0, 0.1) is 0 Å². The van der Waals surface area contributed by atoms with Gasteiger partial charge in [0.25, 0.3) is 0 Å². The van der Waals surface area contributed by atoms with Gasteiger partial charge in [-0.05, 0) is 29.8 Å². The molecule has 0 bridgehead atoms. The van der Waals surface area contributed by atoms with E-state index in [0.717, 1.165) is 21.2 Å². The minimum absolute atomic E-state index is 0.384. The van der Waals surface area contributed by atoms with Crippen molar-refractivity contribution in [1.29, 1.82) is 0 Å². The largest absolute Gasteiger partial charge is 0.466 e. The van der Waals surface area contributed by atoms with Crippen molar-refractivity contribution in [2.45, 2.75) is 10.1 Å². The van der Waals surface area contributed by atoms with E-state index in [1.165, 1.54) is 11.8 Å². The molecule has 0 radical (unpaired) electrons. The van der Waals surface area contributed by atoms with Gasteiger partial charge in [-0.3, -0.25) is 0 Å². The SMILES string of the molecule is COC(=O)COC(=O)c1ccc(CSc2nc3ccccc3s2)cc1. The number of rotatable bonds is 6. The summed E-state index contributed by atoms with van der Waals surface area (Å²) in [7, 11) is 1.24. The van der Waals surface area contributed by atoms with E-state index in [-0.39, 0.29) is 6.61 Å². The molecule has 1 aromatic heterocycles. The second-order valence-corrected chi connectivity index (χ2v) is 7.34. The number of nitrogens with zero attached hydrogens (tertiary/aromatic N) is 1. The maximum absolute atomic E-state index is 11.8. The Morgan fingerprint density at radius 3 is 2.60 bits per heavy atom. The number of esters is 2. The second kappa shape index (κ2) is 8.13. The fourth-order valence-electron chi connectivity index (χ4n) is 2.06. The van der Waals surface area contributed by atoms with Crippen molar-refractivity contribution in [1.82, 2.24) is 4.98 Å². The molecule has 3 aromatic rings. The van der Waals surface area contributed by atoms with Crippen molar-refractivity contribution in [3.63, 3.8) is 0 Å². The van der Waals surface area contributed by atoms with E-state index in [2.05, 4.69) is 15.8 Å². The van der Waals surface area contributed by atoms with E-state index in [1.54, 1.807) is 35.2 Å². The molecule has 0 atom stereocenters. The van der Waals surface area contributed by atoms with Gasteiger partial charge < -0.3 is 9.47 Å². The number of ether oxygens (including phenoxy) is 2. The summed E-state index contributed by atoms with van der Waals surface area (Å²) >= 11 is 3.33. The standard InChI is InChI=1S/C18H15NO4S2/c1-22-16(20)10-23-17(21)13-8-6-12(7-9-13)11-24-18-19-14-4-2-3-5-15(14)25-18/h2-9H,10-11H2,1H3. The van der Waals surface area contributed by atoms with Crippen molar-refractivity contribution in [3.8, 4) is 0 Å². The number of carbonyl (C=O) groups excluding carboxylic acids is 2. The molecule has 0 aliphatic carbocycles. The minimum Gasteiger partial charge on any atom is -0.466 e. The molecule has 128 valence electrons. The van der Waals surface area contributed by atoms with Crippen LogP contribution in [-0.4, -0.2) is 30.6 Å². The van der Waals surface area contributed by atoms with Gasteiger partial charge in [-0.1, -0.05) is 36.0 Å². The van der Waals surface area contributed by atoms with Crippen molar-refractivity contribution < 1.29 is 19.1 Å². The van der Waals surface area contributed by atoms with Crippen LogP contribution in [0.3, 0.4) is 0 Å². The Balaban J connectivity index is 1.57. The summed E-state index contributed by atoms with van der Waals surface area (Å²) in [6.07, 6.45) is 0. The zero-order valence-electron chi connectivity index (χ0n) is 13.4. The third kappa shape index (κ3) is 4.58. The predicted octanol–water partition coefficient (Wildman–Crippen LogP) is 3.92. The highest BCUT2D eigenvalue weighted by molar-refractivity contribution is 8.00. The van der Waals surface area contributed by atoms with Crippen molar-refractivity contribution >= 4 is 45.3 Å². The molecule has 0 aliphatic rings. The van der Waals surface area contributed by atoms with E-state index in [1.807, 2.05) is 30.3 Å². The van der Waals surface area contributed by atoms with Gasteiger partial charge >= 0.3 is 11.9 Å². The van der Waals surface area contributed by atoms with Crippen LogP contribution in [0.2, 0.25) is 0 Å². The van der Waals surface area contributed by atoms with E-state index in [9.17, 15) is 9.59 Å². The number of hydrogen-bond donors (Lipinski definition) is 0. The number of aromatic nitrogens is 1. The van der Waals surface area contributed by atoms with Crippen molar-refractivity contribution in [3.05, 3.63) is 59.7 Å². The van der Waals surface area contributed by atoms with Gasteiger partial charge in [0.2, 0.25) is 0 Å². The fourth-order valence-corrected chi connectivity index (χ4v) is 4.09. The maximum atomic E-state index is 11.8. The molecule has 0 unspecified atom stereocenters. The van der Waals surface area contributed by atoms with Gasteiger partial charge in [0.15, 0.2) is 10.9 Å². The molecule has 0 saturated heterocycles. The van der Waals surface area contributed by atoms with Crippen molar-refractivity contribution in [2.75, 3.05) is 13.7 Å². The molecule has 3 rings (SSSR count). The van der Waals surface area contributed by atoms with E-state index in [0.29, 0.717) is 5.56 Å². The summed E-state index contributed by atoms with van der Waals surface area (Å²) in [5.74, 6) is -0.370. The van der Waals surface area contributed by atoms with Gasteiger partial charge in [0, 0.05) is 5.75 Å². The van der Waals surface area contributed by atoms with Gasteiger partial charge in [-0.25, -0.2) is 14.6 Å². The van der Waals surface area contributed by atoms with Crippen LogP contribution in [0.1, 0.15) is 15.9 Å². The van der Waals surface area contributed by atoms with Crippen LogP contribution in [0.4, 0.5) is 0 Å². The highest BCUT2D eigenvalue weighted by Gasteiger charge is 2.10. The number of para-hydroxylation sites is 1. The van der Waals surface area contributed by atoms with Crippen LogP contribution in [0.25, 0.3) is 10.2 Å². The Morgan fingerprint density at radius 1 is 1.12 bits per heavy atom. The van der Waals surface area contributed by atoms with Gasteiger partial charge in [-0.2, -0.15) is 0 Å². The molecule has 0 spiro atoms. The summed E-state index contributed by atoms with van der Waals surface area (Å²) in [4.78, 5) is 27.4. The highest BCUT2D eigenvalue weighted by Crippen LogP contribution is 2.31. The molecule has 0 fully saturated rings. The molecule has 0 amide bonds. The first-order valence-corrected chi connectivity index (χ1v) is 9.27. The van der Waals surface area contributed by atoms with Crippen LogP contribution in [-0.2, 0) is 20.0 Å². The number of methoxy groups -OCH3 is 1. The molecule has 7 heteroatoms. The Morgan fingerprint density at radius 2 is 1.88 bits per heavy atom. The number of thiazole rings is 1. The Kier molecular flexibility index (Phi) is 5.67. The first-order valence-electron chi connectivity index (χ1n) is 7.47. The Labute approximate surface area is 153 Å². The lowest BCUT2D eigenvalue weighted by molar-refractivity contribution is -0.144. The molecular weight excluding hydrogens is 358 g/mol. The first kappa shape index (κ1) is 17.4. The van der Waals surface area contributed by atoms with Crippen LogP contribution < -0.4 is 0 Å². The summed E-state index contributed by atoms with van der Waals surface area (Å²) in [6, 6.07) is 15.2. The number of hydrogen-bond acceptors (Lipinski definition) is 7. The molecule has 2 aromatic carbocycles. The van der Waals surface area contributed by atoms with E-state index < -0.39 is 11.9 Å². The first-order chi connectivity index (χ1) is 12.2. The zero-order valence-corrected chi connectivity index (χ0v) is 15.1. The molecule has 0 saturated carbocycles. The summed E-state index contributed by atoms with van der Waals surface area (Å²) in [5, 5.41) is 0. The highest BCUT2D eigenvalue weighted by atomic mass is 32.2.